The third kappa shape index (κ3) is 3.34. The highest BCUT2D eigenvalue weighted by molar-refractivity contribution is 9.10. The third-order valence-electron chi connectivity index (χ3n) is 3.35. The Balaban J connectivity index is 1.83. The number of benzene rings is 2. The van der Waals surface area contributed by atoms with Crippen LogP contribution in [0.5, 0.6) is 0 Å². The summed E-state index contributed by atoms with van der Waals surface area (Å²) in [6.45, 7) is 0. The Bertz CT molecular complexity index is 983. The molecular formula is C15H11BrN4O3S. The number of nitrogens with one attached hydrogen (secondary N) is 3. The lowest BCUT2D eigenvalue weighted by atomic mass is 10.1. The Labute approximate surface area is 146 Å². The Morgan fingerprint density at radius 3 is 2.71 bits per heavy atom. The van der Waals surface area contributed by atoms with Crippen LogP contribution in [-0.4, -0.2) is 14.4 Å². The van der Waals surface area contributed by atoms with Gasteiger partial charge in [-0.1, -0.05) is 12.1 Å². The molecule has 0 spiro atoms. The minimum Gasteiger partial charge on any atom is -0.308 e. The van der Waals surface area contributed by atoms with Crippen LogP contribution in [0.2, 0.25) is 0 Å². The van der Waals surface area contributed by atoms with Gasteiger partial charge in [-0.2, -0.15) is 5.26 Å². The van der Waals surface area contributed by atoms with Crippen LogP contribution in [0.4, 0.5) is 21.9 Å². The zero-order valence-corrected chi connectivity index (χ0v) is 14.5. The van der Waals surface area contributed by atoms with Crippen molar-refractivity contribution in [3.8, 4) is 6.07 Å². The number of urea groups is 1. The van der Waals surface area contributed by atoms with Crippen molar-refractivity contribution in [1.82, 2.24) is 0 Å². The SMILES string of the molecule is N#Cc1cc(NC(=O)Nc2ccccc2Br)cc2c1CS(=O)(=O)N2. The molecule has 1 aliphatic heterocycles. The summed E-state index contributed by atoms with van der Waals surface area (Å²) in [7, 11) is -3.47. The summed E-state index contributed by atoms with van der Waals surface area (Å²) >= 11 is 3.32. The minimum atomic E-state index is -3.47. The van der Waals surface area contributed by atoms with Gasteiger partial charge < -0.3 is 10.6 Å². The number of halogens is 1. The van der Waals surface area contributed by atoms with Gasteiger partial charge in [-0.3, -0.25) is 4.72 Å². The monoisotopic (exact) mass is 406 g/mol. The lowest BCUT2D eigenvalue weighted by Gasteiger charge is -2.10. The molecule has 24 heavy (non-hydrogen) atoms. The number of carbonyl (C=O) groups excluding carboxylic acids is 1. The first-order chi connectivity index (χ1) is 11.4. The van der Waals surface area contributed by atoms with Crippen LogP contribution in [0.3, 0.4) is 0 Å². The molecule has 3 rings (SSSR count). The zero-order chi connectivity index (χ0) is 17.3. The van der Waals surface area contributed by atoms with Gasteiger partial charge in [0, 0.05) is 15.7 Å². The highest BCUT2D eigenvalue weighted by Crippen LogP contribution is 2.33. The number of carbonyl (C=O) groups is 1. The Morgan fingerprint density at radius 1 is 1.25 bits per heavy atom. The van der Waals surface area contributed by atoms with Crippen molar-refractivity contribution >= 4 is 49.0 Å². The van der Waals surface area contributed by atoms with E-state index in [1.807, 2.05) is 12.1 Å². The van der Waals surface area contributed by atoms with Crippen molar-refractivity contribution in [1.29, 1.82) is 5.26 Å². The van der Waals surface area contributed by atoms with Crippen molar-refractivity contribution in [2.75, 3.05) is 15.4 Å². The molecule has 9 heteroatoms. The first-order valence-electron chi connectivity index (χ1n) is 6.78. The second-order valence-corrected chi connectivity index (χ2v) is 7.66. The molecule has 0 fully saturated rings. The molecule has 1 heterocycles. The predicted molar refractivity (Wildman–Crippen MR) is 94.2 cm³/mol. The quantitative estimate of drug-likeness (QED) is 0.710. The third-order valence-corrected chi connectivity index (χ3v) is 5.24. The number of nitrogens with zero attached hydrogens (tertiary/aromatic N) is 1. The van der Waals surface area contributed by atoms with E-state index in [0.717, 1.165) is 4.47 Å². The fourth-order valence-corrected chi connectivity index (χ4v) is 4.00. The number of amides is 2. The van der Waals surface area contributed by atoms with E-state index in [1.165, 1.54) is 12.1 Å². The summed E-state index contributed by atoms with van der Waals surface area (Å²) in [6.07, 6.45) is 0. The average molecular weight is 407 g/mol. The van der Waals surface area contributed by atoms with Gasteiger partial charge in [0.25, 0.3) is 0 Å². The molecule has 0 bridgehead atoms. The number of hydrogen-bond donors (Lipinski definition) is 3. The second kappa shape index (κ2) is 6.14. The topological polar surface area (TPSA) is 111 Å². The molecule has 3 N–H and O–H groups in total. The summed E-state index contributed by atoms with van der Waals surface area (Å²) < 4.78 is 26.4. The molecule has 0 saturated heterocycles. The summed E-state index contributed by atoms with van der Waals surface area (Å²) in [5.41, 5.74) is 1.83. The van der Waals surface area contributed by atoms with E-state index < -0.39 is 16.1 Å². The Morgan fingerprint density at radius 2 is 2.00 bits per heavy atom. The number of rotatable bonds is 2. The molecule has 2 aromatic rings. The molecule has 7 nitrogen and oxygen atoms in total. The molecule has 0 atom stereocenters. The van der Waals surface area contributed by atoms with Gasteiger partial charge in [0.15, 0.2) is 0 Å². The van der Waals surface area contributed by atoms with Crippen molar-refractivity contribution in [3.05, 3.63) is 52.0 Å². The molecular weight excluding hydrogens is 396 g/mol. The van der Waals surface area contributed by atoms with Crippen LogP contribution in [0.25, 0.3) is 0 Å². The first-order valence-corrected chi connectivity index (χ1v) is 9.22. The molecule has 122 valence electrons. The standard InChI is InChI=1S/C15H11BrN4O3S/c16-12-3-1-2-4-13(12)19-15(21)18-10-5-9(7-17)11-8-24(22,23)20-14(11)6-10/h1-6,20H,8H2,(H2,18,19,21). The number of sulfonamides is 1. The van der Waals surface area contributed by atoms with E-state index in [-0.39, 0.29) is 11.3 Å². The second-order valence-electron chi connectivity index (χ2n) is 5.08. The summed E-state index contributed by atoms with van der Waals surface area (Å²) in [4.78, 5) is 12.1. The number of hydrogen-bond acceptors (Lipinski definition) is 4. The molecule has 2 amide bonds. The minimum absolute atomic E-state index is 0.206. The van der Waals surface area contributed by atoms with E-state index in [2.05, 4.69) is 31.3 Å². The largest absolute Gasteiger partial charge is 0.323 e. The van der Waals surface area contributed by atoms with Crippen LogP contribution in [0, 0.1) is 11.3 Å². The van der Waals surface area contributed by atoms with Gasteiger partial charge in [0.2, 0.25) is 10.0 Å². The lowest BCUT2D eigenvalue weighted by Crippen LogP contribution is -2.19. The molecule has 0 unspecified atom stereocenters. The fraction of sp³-hybridized carbons (Fsp3) is 0.0667. The molecule has 0 aromatic heterocycles. The Hall–Kier alpha value is -2.57. The fourth-order valence-electron chi connectivity index (χ4n) is 2.33. The number of para-hydroxylation sites is 1. The van der Waals surface area contributed by atoms with Gasteiger partial charge in [-0.25, -0.2) is 13.2 Å². The normalized spacial score (nSPS) is 14.2. The zero-order valence-electron chi connectivity index (χ0n) is 12.1. The van der Waals surface area contributed by atoms with Crippen LogP contribution in [-0.2, 0) is 15.8 Å². The van der Waals surface area contributed by atoms with Crippen molar-refractivity contribution in [3.63, 3.8) is 0 Å². The van der Waals surface area contributed by atoms with Gasteiger partial charge >= 0.3 is 6.03 Å². The highest BCUT2D eigenvalue weighted by Gasteiger charge is 2.27. The highest BCUT2D eigenvalue weighted by atomic mass is 79.9. The first kappa shape index (κ1) is 16.3. The van der Waals surface area contributed by atoms with Crippen molar-refractivity contribution in [2.45, 2.75) is 5.75 Å². The van der Waals surface area contributed by atoms with E-state index >= 15 is 0 Å². The predicted octanol–water partition coefficient (Wildman–Crippen LogP) is 3.22. The van der Waals surface area contributed by atoms with Crippen LogP contribution in [0.15, 0.2) is 40.9 Å². The number of nitriles is 1. The smallest absolute Gasteiger partial charge is 0.308 e. The van der Waals surface area contributed by atoms with E-state index in [1.54, 1.807) is 18.2 Å². The number of fused-ring (bicyclic) bond motifs is 1. The molecule has 0 aliphatic carbocycles. The molecule has 0 saturated carbocycles. The maximum absolute atomic E-state index is 12.1. The van der Waals surface area contributed by atoms with Crippen LogP contribution in [0.1, 0.15) is 11.1 Å². The Kier molecular flexibility index (Phi) is 4.17. The summed E-state index contributed by atoms with van der Waals surface area (Å²) in [5.74, 6) is -0.241. The van der Waals surface area contributed by atoms with E-state index in [9.17, 15) is 18.5 Å². The van der Waals surface area contributed by atoms with Gasteiger partial charge in [0.1, 0.15) is 0 Å². The molecule has 2 aromatic carbocycles. The van der Waals surface area contributed by atoms with Crippen LogP contribution < -0.4 is 15.4 Å². The van der Waals surface area contributed by atoms with Gasteiger partial charge in [-0.05, 0) is 40.2 Å². The van der Waals surface area contributed by atoms with E-state index in [0.29, 0.717) is 22.6 Å². The van der Waals surface area contributed by atoms with E-state index in [4.69, 9.17) is 0 Å². The van der Waals surface area contributed by atoms with Crippen molar-refractivity contribution < 1.29 is 13.2 Å². The lowest BCUT2D eigenvalue weighted by molar-refractivity contribution is 0.262. The number of anilines is 3. The maximum Gasteiger partial charge on any atom is 0.323 e. The average Bonchev–Trinajstić information content (AvgIpc) is 2.82. The van der Waals surface area contributed by atoms with Gasteiger partial charge in [-0.15, -0.1) is 0 Å². The van der Waals surface area contributed by atoms with Gasteiger partial charge in [0.05, 0.1) is 28.8 Å². The van der Waals surface area contributed by atoms with Crippen LogP contribution >= 0.6 is 15.9 Å². The maximum atomic E-state index is 12.1. The summed E-state index contributed by atoms with van der Waals surface area (Å²) in [5, 5.41) is 14.4. The molecule has 1 aliphatic rings. The molecule has 0 radical (unpaired) electrons. The van der Waals surface area contributed by atoms with Crippen molar-refractivity contribution in [2.24, 2.45) is 0 Å². The summed E-state index contributed by atoms with van der Waals surface area (Å²) in [6, 6.07) is 11.5.